The second-order valence-electron chi connectivity index (χ2n) is 22.1. The second kappa shape index (κ2) is 29.2. The SMILES string of the molecule is C=C1CCC(n2oc3ccccc3c2=O)C(=O)N1.O=C(O)CCC(C(=O)O)N1C(=O)c2ccccc2C1=O.O=C1CCC(N2C(=O)c3ccccc3C2=O)C(=O)N1.O=C1CCC(N2C(=O)c3ccccc3C2=O)C(=O)O1.O=C1CCC(N2Cc3ccccc3C2=O)C(=O)N1.O=S. The van der Waals surface area contributed by atoms with Crippen LogP contribution in [0.1, 0.15) is 148 Å². The van der Waals surface area contributed by atoms with Crippen LogP contribution in [0.5, 0.6) is 0 Å². The average Bonchev–Trinajstić information content (AvgIpc) is 1.64. The lowest BCUT2D eigenvalue weighted by atomic mass is 10.0. The Hall–Kier alpha value is -12.2. The number of carbonyl (C=O) groups excluding carboxylic acids is 14. The molecular formula is C65H54N8O22S. The van der Waals surface area contributed by atoms with Gasteiger partial charge in [0.2, 0.25) is 23.6 Å². The van der Waals surface area contributed by atoms with E-state index in [-0.39, 0.29) is 95.9 Å². The van der Waals surface area contributed by atoms with Crippen LogP contribution in [0.3, 0.4) is 0 Å². The van der Waals surface area contributed by atoms with Crippen molar-refractivity contribution < 1.29 is 100 Å². The molecule has 0 saturated carbocycles. The van der Waals surface area contributed by atoms with Gasteiger partial charge in [-0.25, -0.2) is 9.59 Å². The molecule has 0 bridgehead atoms. The summed E-state index contributed by atoms with van der Waals surface area (Å²) in [7, 11) is 0. The first-order chi connectivity index (χ1) is 45.9. The largest absolute Gasteiger partial charge is 0.481 e. The summed E-state index contributed by atoms with van der Waals surface area (Å²) in [5.74, 6) is -9.42. The number of imide groups is 5. The Morgan fingerprint density at radius 2 is 0.927 bits per heavy atom. The van der Waals surface area contributed by atoms with Crippen molar-refractivity contribution in [2.24, 2.45) is 0 Å². The third kappa shape index (κ3) is 13.9. The van der Waals surface area contributed by atoms with Gasteiger partial charge in [-0.15, -0.1) is 0 Å². The molecule has 492 valence electrons. The Balaban J connectivity index is 0.000000140. The Morgan fingerprint density at radius 1 is 0.500 bits per heavy atom. The number of carboxylic acids is 2. The number of esters is 2. The van der Waals surface area contributed by atoms with Gasteiger partial charge in [0, 0.05) is 43.5 Å². The number of nitrogens with one attached hydrogen (secondary N) is 3. The molecule has 9 heterocycles. The summed E-state index contributed by atoms with van der Waals surface area (Å²) < 4.78 is 18.9. The number of carboxylic acid groups (broad SMARTS) is 2. The van der Waals surface area contributed by atoms with Crippen LogP contribution in [-0.2, 0) is 67.0 Å². The van der Waals surface area contributed by atoms with Gasteiger partial charge >= 0.3 is 23.9 Å². The maximum Gasteiger partial charge on any atom is 0.337 e. The molecule has 0 radical (unpaired) electrons. The Labute approximate surface area is 546 Å². The fourth-order valence-corrected chi connectivity index (χ4v) is 11.6. The minimum atomic E-state index is -1.47. The third-order valence-electron chi connectivity index (χ3n) is 16.2. The number of rotatable bonds is 9. The van der Waals surface area contributed by atoms with Gasteiger partial charge in [0.25, 0.3) is 52.8 Å². The van der Waals surface area contributed by atoms with E-state index in [1.807, 2.05) is 18.2 Å². The first-order valence-electron chi connectivity index (χ1n) is 29.4. The van der Waals surface area contributed by atoms with E-state index in [0.717, 1.165) is 20.1 Å². The van der Waals surface area contributed by atoms with Crippen LogP contribution in [-0.4, -0.2) is 158 Å². The smallest absolute Gasteiger partial charge is 0.337 e. The van der Waals surface area contributed by atoms with Crippen LogP contribution >= 0.6 is 0 Å². The number of allylic oxidation sites excluding steroid dienone is 1. The third-order valence-corrected chi connectivity index (χ3v) is 16.2. The molecule has 4 saturated heterocycles. The molecule has 5 N–H and O–H groups in total. The molecule has 30 nitrogen and oxygen atoms in total. The van der Waals surface area contributed by atoms with E-state index in [2.05, 4.69) is 39.8 Å². The predicted molar refractivity (Wildman–Crippen MR) is 326 cm³/mol. The van der Waals surface area contributed by atoms with Gasteiger partial charge in [0.15, 0.2) is 18.1 Å². The summed E-state index contributed by atoms with van der Waals surface area (Å²) in [6.45, 7) is 4.15. The number of benzene rings is 5. The van der Waals surface area contributed by atoms with E-state index in [9.17, 15) is 81.5 Å². The molecule has 0 spiro atoms. The zero-order valence-corrected chi connectivity index (χ0v) is 50.9. The van der Waals surface area contributed by atoms with E-state index in [1.54, 1.807) is 83.8 Å². The number of ether oxygens (including phenoxy) is 1. The lowest BCUT2D eigenvalue weighted by Crippen LogP contribution is -2.54. The molecule has 4 fully saturated rings. The standard InChI is InChI=1S/C13H10N2O4.2C13H12N2O3.C13H11NO6.C13H9NO5.OS/c16-10-6-5-9(11(17)14-10)15-12(18)7-3-1-2-4-8(7)13(15)19;1-8-6-7-10(12(16)14-8)15-13(17)9-4-2-3-5-11(9)18-15;16-11-6-5-10(12(17)14-11)15-7-8-3-1-2-4-9(8)13(15)18;15-10(16)6-5-9(13(19)20)14-11(17)7-3-1-2-4-8(7)12(14)18;15-10-6-5-9(13(18)19-10)14-11(16)7-3-1-2-4-8(7)12(14)17;1-2/h1-4,9H,5-6H2,(H,14,16,17);2-5,10H,1,6-7H2,(H,14,16);1-4,10H,5-7H2,(H,14,16,17);1-4,9H,5-6H2,(H,15,16)(H,19,20);1-4,9H,5-6H2;. The number of cyclic esters (lactones) is 2. The van der Waals surface area contributed by atoms with E-state index >= 15 is 0 Å². The molecule has 0 aliphatic carbocycles. The maximum atomic E-state index is 12.2. The maximum absolute atomic E-state index is 12.2. The summed E-state index contributed by atoms with van der Waals surface area (Å²) in [5, 5.41) is 25.3. The van der Waals surface area contributed by atoms with Crippen molar-refractivity contribution in [2.75, 3.05) is 0 Å². The predicted octanol–water partition coefficient (Wildman–Crippen LogP) is 2.87. The summed E-state index contributed by atoms with van der Waals surface area (Å²) >= 11 is 2.83. The average molecular weight is 1330 g/mol. The zero-order valence-electron chi connectivity index (χ0n) is 50.1. The number of nitrogens with zero attached hydrogens (tertiary/aromatic N) is 5. The highest BCUT2D eigenvalue weighted by Crippen LogP contribution is 2.32. The van der Waals surface area contributed by atoms with Crippen LogP contribution in [0.4, 0.5) is 0 Å². The van der Waals surface area contributed by atoms with Crippen LogP contribution in [0.25, 0.3) is 11.0 Å². The number of fused-ring (bicyclic) bond motifs is 5. The van der Waals surface area contributed by atoms with Gasteiger partial charge in [-0.05, 0) is 98.7 Å². The number of hydrogen-bond acceptors (Lipinski definition) is 21. The minimum absolute atomic E-state index is 0.0177. The molecule has 8 aliphatic rings. The molecule has 14 rings (SSSR count). The van der Waals surface area contributed by atoms with Gasteiger partial charge in [-0.1, -0.05) is 73.3 Å². The molecule has 8 aliphatic heterocycles. The second-order valence-corrected chi connectivity index (χ2v) is 22.1. The van der Waals surface area contributed by atoms with Gasteiger partial charge < -0.3 is 29.7 Å². The number of piperidine rings is 3. The summed E-state index contributed by atoms with van der Waals surface area (Å²) in [4.78, 5) is 203. The fourth-order valence-electron chi connectivity index (χ4n) is 11.6. The fraction of sp³-hybridized carbons (Fsp3) is 0.246. The van der Waals surface area contributed by atoms with Crippen LogP contribution in [0.2, 0.25) is 0 Å². The van der Waals surface area contributed by atoms with Crippen molar-refractivity contribution in [1.82, 2.24) is 40.3 Å². The van der Waals surface area contributed by atoms with Crippen LogP contribution in [0.15, 0.2) is 143 Å². The van der Waals surface area contributed by atoms with E-state index < -0.39 is 102 Å². The lowest BCUT2D eigenvalue weighted by Gasteiger charge is -2.29. The number of aromatic nitrogens is 1. The molecule has 12 amide bonds. The summed E-state index contributed by atoms with van der Waals surface area (Å²) in [6, 6.07) is 28.6. The summed E-state index contributed by atoms with van der Waals surface area (Å²) in [6.07, 6.45) is 1.55. The van der Waals surface area contributed by atoms with Crippen molar-refractivity contribution in [2.45, 2.75) is 101 Å². The molecule has 31 heteroatoms. The van der Waals surface area contributed by atoms with E-state index in [0.29, 0.717) is 64.1 Å². The van der Waals surface area contributed by atoms with Gasteiger partial charge in [-0.2, -0.15) is 8.95 Å². The van der Waals surface area contributed by atoms with E-state index in [1.165, 1.54) is 24.3 Å². The zero-order chi connectivity index (χ0) is 69.4. The quantitative estimate of drug-likeness (QED) is 0.0789. The van der Waals surface area contributed by atoms with Crippen molar-refractivity contribution in [1.29, 1.82) is 0 Å². The van der Waals surface area contributed by atoms with Crippen molar-refractivity contribution in [3.8, 4) is 0 Å². The highest BCUT2D eigenvalue weighted by molar-refractivity contribution is 7.44. The van der Waals surface area contributed by atoms with Gasteiger partial charge in [0.1, 0.15) is 30.2 Å². The topological polar surface area (TPSA) is 424 Å². The minimum Gasteiger partial charge on any atom is -0.481 e. The van der Waals surface area contributed by atoms with Crippen LogP contribution < -0.4 is 21.5 Å². The van der Waals surface area contributed by atoms with Gasteiger partial charge in [0.05, 0.1) is 38.8 Å². The molecule has 5 atom stereocenters. The Morgan fingerprint density at radius 3 is 1.39 bits per heavy atom. The van der Waals surface area contributed by atoms with Crippen molar-refractivity contribution in [3.63, 3.8) is 0 Å². The normalized spacial score (nSPS) is 20.2. The van der Waals surface area contributed by atoms with Crippen molar-refractivity contribution in [3.05, 3.63) is 188 Å². The molecular weight excluding hydrogens is 1280 g/mol. The first kappa shape index (κ1) is 68.2. The molecule has 5 aromatic carbocycles. The lowest BCUT2D eigenvalue weighted by molar-refractivity contribution is -0.167. The van der Waals surface area contributed by atoms with Crippen LogP contribution in [0, 0.1) is 0 Å². The monoisotopic (exact) mass is 1330 g/mol. The number of carbonyl (C=O) groups is 16. The number of para-hydroxylation sites is 1. The highest BCUT2D eigenvalue weighted by atomic mass is 32.1. The summed E-state index contributed by atoms with van der Waals surface area (Å²) in [5.41, 5.74) is 3.94. The molecule has 6 aromatic rings. The van der Waals surface area contributed by atoms with Crippen molar-refractivity contribution >= 4 is 118 Å². The first-order valence-corrected chi connectivity index (χ1v) is 29.7. The Bertz CT molecular complexity index is 4190. The molecule has 96 heavy (non-hydrogen) atoms. The molecule has 5 unspecified atom stereocenters. The van der Waals surface area contributed by atoms with Gasteiger partial charge in [-0.3, -0.25) is 97.3 Å². The number of aliphatic carboxylic acids is 2. The highest BCUT2D eigenvalue weighted by Gasteiger charge is 2.48. The number of hydrogen-bond donors (Lipinski definition) is 5. The van der Waals surface area contributed by atoms with E-state index in [4.69, 9.17) is 18.9 Å². The number of amides is 12. The molecule has 1 aromatic heterocycles. The Kier molecular flexibility index (Phi) is 20.8.